The first-order valence-electron chi connectivity index (χ1n) is 10.4. The van der Waals surface area contributed by atoms with Gasteiger partial charge >= 0.3 is 0 Å². The molecule has 1 saturated heterocycles. The molecule has 5 nitrogen and oxygen atoms in total. The van der Waals surface area contributed by atoms with E-state index in [4.69, 9.17) is 10.7 Å². The largest absolute Gasteiger partial charge is 0.504 e. The van der Waals surface area contributed by atoms with Crippen molar-refractivity contribution >= 4 is 16.6 Å². The van der Waals surface area contributed by atoms with E-state index in [0.717, 1.165) is 42.6 Å². The summed E-state index contributed by atoms with van der Waals surface area (Å²) in [6.45, 7) is 5.74. The quantitative estimate of drug-likeness (QED) is 0.543. The summed E-state index contributed by atoms with van der Waals surface area (Å²) in [6, 6.07) is 4.12. The smallest absolute Gasteiger partial charge is 0.159 e. The van der Waals surface area contributed by atoms with Crippen LogP contribution < -0.4 is 5.73 Å². The summed E-state index contributed by atoms with van der Waals surface area (Å²) in [5.41, 5.74) is 10.4. The maximum Gasteiger partial charge on any atom is 0.159 e. The normalized spacial score (nSPS) is 24.1. The highest BCUT2D eigenvalue weighted by Gasteiger charge is 2.36. The third kappa shape index (κ3) is 3.22. The van der Waals surface area contributed by atoms with Crippen molar-refractivity contribution in [3.8, 4) is 11.5 Å². The molecule has 1 aromatic heterocycles. The van der Waals surface area contributed by atoms with Gasteiger partial charge in [0.25, 0.3) is 0 Å². The minimum absolute atomic E-state index is 0.136. The van der Waals surface area contributed by atoms with Gasteiger partial charge in [-0.15, -0.1) is 0 Å². The Balaban J connectivity index is 1.87. The van der Waals surface area contributed by atoms with Crippen molar-refractivity contribution in [3.05, 3.63) is 23.4 Å². The van der Waals surface area contributed by atoms with Crippen LogP contribution in [0.25, 0.3) is 10.9 Å². The van der Waals surface area contributed by atoms with Crippen molar-refractivity contribution in [2.75, 3.05) is 12.3 Å². The van der Waals surface area contributed by atoms with Gasteiger partial charge in [0.1, 0.15) is 0 Å². The van der Waals surface area contributed by atoms with Gasteiger partial charge in [0.15, 0.2) is 11.5 Å². The molecule has 27 heavy (non-hydrogen) atoms. The number of rotatable bonds is 2. The van der Waals surface area contributed by atoms with Crippen molar-refractivity contribution in [2.45, 2.75) is 76.8 Å². The van der Waals surface area contributed by atoms with E-state index in [1.54, 1.807) is 6.07 Å². The lowest BCUT2D eigenvalue weighted by molar-refractivity contribution is 0.0894. The lowest BCUT2D eigenvalue weighted by Crippen LogP contribution is -2.47. The van der Waals surface area contributed by atoms with E-state index in [1.807, 2.05) is 0 Å². The first-order chi connectivity index (χ1) is 13.0. The fourth-order valence-electron chi connectivity index (χ4n) is 5.22. The number of nitrogens with zero attached hydrogens (tertiary/aromatic N) is 2. The molecule has 4 rings (SSSR count). The Morgan fingerprint density at radius 3 is 2.59 bits per heavy atom. The first-order valence-corrected chi connectivity index (χ1v) is 10.4. The average Bonchev–Trinajstić information content (AvgIpc) is 2.86. The summed E-state index contributed by atoms with van der Waals surface area (Å²) in [4.78, 5) is 7.54. The Bertz CT molecular complexity index is 849. The topological polar surface area (TPSA) is 82.6 Å². The standard InChI is InChI=1S/C22H31N3O2/c1-13(2)25-10-6-5-9-18(25)14-7-3-4-8-16-21(14)22(23)15-11-19(26)20(27)12-17(15)24-16/h11-14,18,26-27H,3-10H2,1-2H3,(H2,23,24). The monoisotopic (exact) mass is 369 g/mol. The Kier molecular flexibility index (Phi) is 4.89. The number of likely N-dealkylation sites (tertiary alicyclic amines) is 1. The van der Waals surface area contributed by atoms with Crippen molar-refractivity contribution < 1.29 is 10.2 Å². The molecule has 1 fully saturated rings. The molecule has 2 heterocycles. The van der Waals surface area contributed by atoms with Gasteiger partial charge in [0, 0.05) is 46.4 Å². The lowest BCUT2D eigenvalue weighted by atomic mass is 9.81. The highest BCUT2D eigenvalue weighted by atomic mass is 16.3. The van der Waals surface area contributed by atoms with Gasteiger partial charge in [-0.1, -0.05) is 12.8 Å². The second-order valence-corrected chi connectivity index (χ2v) is 8.49. The van der Waals surface area contributed by atoms with E-state index in [2.05, 4.69) is 18.7 Å². The van der Waals surface area contributed by atoms with Gasteiger partial charge in [-0.3, -0.25) is 9.88 Å². The van der Waals surface area contributed by atoms with E-state index < -0.39 is 0 Å². The van der Waals surface area contributed by atoms with Gasteiger partial charge in [0.05, 0.1) is 5.52 Å². The number of nitrogens with two attached hydrogens (primary N) is 1. The summed E-state index contributed by atoms with van der Waals surface area (Å²) in [6.07, 6.45) is 8.14. The zero-order valence-corrected chi connectivity index (χ0v) is 16.4. The molecule has 1 aliphatic heterocycles. The molecule has 1 aromatic carbocycles. The summed E-state index contributed by atoms with van der Waals surface area (Å²) in [7, 11) is 0. The van der Waals surface area contributed by atoms with Crippen molar-refractivity contribution in [1.29, 1.82) is 0 Å². The van der Waals surface area contributed by atoms with Crippen LogP contribution >= 0.6 is 0 Å². The molecular weight excluding hydrogens is 338 g/mol. The van der Waals surface area contributed by atoms with E-state index in [9.17, 15) is 10.2 Å². The highest BCUT2D eigenvalue weighted by Crippen LogP contribution is 2.44. The van der Waals surface area contributed by atoms with Gasteiger partial charge in [0.2, 0.25) is 0 Å². The molecule has 1 aliphatic carbocycles. The zero-order valence-electron chi connectivity index (χ0n) is 16.4. The summed E-state index contributed by atoms with van der Waals surface area (Å²) < 4.78 is 0. The number of aromatic nitrogens is 1. The maximum absolute atomic E-state index is 9.99. The van der Waals surface area contributed by atoms with Crippen LogP contribution in [0.1, 0.15) is 69.5 Å². The Hall–Kier alpha value is -2.01. The molecule has 0 amide bonds. The number of phenols is 2. The van der Waals surface area contributed by atoms with Crippen LogP contribution in [0, 0.1) is 0 Å². The number of hydrogen-bond acceptors (Lipinski definition) is 5. The van der Waals surface area contributed by atoms with Crippen LogP contribution in [-0.4, -0.2) is 38.7 Å². The number of phenolic OH excluding ortho intramolecular Hbond substituents is 2. The molecule has 146 valence electrons. The van der Waals surface area contributed by atoms with E-state index >= 15 is 0 Å². The number of piperidine rings is 1. The fourth-order valence-corrected chi connectivity index (χ4v) is 5.22. The maximum atomic E-state index is 9.99. The molecule has 4 N–H and O–H groups in total. The lowest BCUT2D eigenvalue weighted by Gasteiger charge is -2.43. The molecule has 5 heteroatoms. The van der Waals surface area contributed by atoms with E-state index in [-0.39, 0.29) is 11.5 Å². The van der Waals surface area contributed by atoms with E-state index in [1.165, 1.54) is 37.3 Å². The highest BCUT2D eigenvalue weighted by molar-refractivity contribution is 5.94. The molecular formula is C22H31N3O2. The van der Waals surface area contributed by atoms with Gasteiger partial charge in [-0.05, 0) is 58.6 Å². The second-order valence-electron chi connectivity index (χ2n) is 8.49. The zero-order chi connectivity index (χ0) is 19.1. The van der Waals surface area contributed by atoms with Crippen molar-refractivity contribution in [3.63, 3.8) is 0 Å². The van der Waals surface area contributed by atoms with Crippen LogP contribution in [0.15, 0.2) is 12.1 Å². The molecule has 2 atom stereocenters. The van der Waals surface area contributed by atoms with Crippen LogP contribution in [0.2, 0.25) is 0 Å². The molecule has 0 spiro atoms. The van der Waals surface area contributed by atoms with Crippen LogP contribution in [-0.2, 0) is 6.42 Å². The number of hydrogen-bond donors (Lipinski definition) is 3. The second kappa shape index (κ2) is 7.19. The molecule has 2 aliphatic rings. The number of nitrogen functional groups attached to an aromatic ring is 1. The van der Waals surface area contributed by atoms with Gasteiger partial charge in [-0.25, -0.2) is 0 Å². The number of aryl methyl sites for hydroxylation is 1. The predicted molar refractivity (Wildman–Crippen MR) is 109 cm³/mol. The molecule has 0 saturated carbocycles. The summed E-state index contributed by atoms with van der Waals surface area (Å²) in [5.74, 6) is 0.110. The third-order valence-electron chi connectivity index (χ3n) is 6.51. The first kappa shape index (κ1) is 18.4. The SMILES string of the molecule is CC(C)N1CCCCC1C1CCCCc2nc3cc(O)c(O)cc3c(N)c21. The Morgan fingerprint density at radius 2 is 1.81 bits per heavy atom. The molecule has 0 radical (unpaired) electrons. The fraction of sp³-hybridized carbons (Fsp3) is 0.591. The molecule has 2 unspecified atom stereocenters. The molecule has 0 bridgehead atoms. The van der Waals surface area contributed by atoms with Crippen LogP contribution in [0.3, 0.4) is 0 Å². The van der Waals surface area contributed by atoms with E-state index in [0.29, 0.717) is 23.5 Å². The van der Waals surface area contributed by atoms with Gasteiger partial charge < -0.3 is 15.9 Å². The van der Waals surface area contributed by atoms with Crippen LogP contribution in [0.5, 0.6) is 11.5 Å². The van der Waals surface area contributed by atoms with Gasteiger partial charge in [-0.2, -0.15) is 0 Å². The van der Waals surface area contributed by atoms with Crippen molar-refractivity contribution in [2.24, 2.45) is 0 Å². The Labute approximate surface area is 161 Å². The summed E-state index contributed by atoms with van der Waals surface area (Å²) >= 11 is 0. The Morgan fingerprint density at radius 1 is 1.07 bits per heavy atom. The number of aromatic hydroxyl groups is 2. The third-order valence-corrected chi connectivity index (χ3v) is 6.51. The van der Waals surface area contributed by atoms with Crippen LogP contribution in [0.4, 0.5) is 5.69 Å². The minimum atomic E-state index is -0.141. The summed E-state index contributed by atoms with van der Waals surface area (Å²) in [5, 5.41) is 20.6. The number of pyridine rings is 1. The van der Waals surface area contributed by atoms with Crippen molar-refractivity contribution in [1.82, 2.24) is 9.88 Å². The minimum Gasteiger partial charge on any atom is -0.504 e. The molecule has 2 aromatic rings. The number of benzene rings is 1. The average molecular weight is 370 g/mol. The number of anilines is 1. The number of fused-ring (bicyclic) bond motifs is 2. The predicted octanol–water partition coefficient (Wildman–Crippen LogP) is 4.30.